The van der Waals surface area contributed by atoms with Crippen LogP contribution in [-0.2, 0) is 14.6 Å². The topological polar surface area (TPSA) is 109 Å². The van der Waals surface area contributed by atoms with Crippen molar-refractivity contribution >= 4 is 21.6 Å². The summed E-state index contributed by atoms with van der Waals surface area (Å²) >= 11 is 0. The molecule has 104 valence electrons. The highest BCUT2D eigenvalue weighted by Crippen LogP contribution is 2.14. The molecule has 0 unspecified atom stereocenters. The first-order valence-electron chi connectivity index (χ1n) is 5.55. The van der Waals surface area contributed by atoms with E-state index in [-0.39, 0.29) is 34.8 Å². The molecule has 0 aliphatic heterocycles. The Morgan fingerprint density at radius 1 is 1.05 bits per heavy atom. The van der Waals surface area contributed by atoms with Crippen LogP contribution in [0.25, 0.3) is 0 Å². The first kappa shape index (κ1) is 15.3. The van der Waals surface area contributed by atoms with Gasteiger partial charge in [-0.1, -0.05) is 12.1 Å². The Morgan fingerprint density at radius 3 is 2.11 bits per heavy atom. The standard InChI is InChI=1S/C12H14O6S/c13-7-8-19(17,18)10-3-1-9(2-4-10)11(14)5-6-12(15)16/h1-4,13H,5-8H2,(H,15,16). The van der Waals surface area contributed by atoms with Crippen LogP contribution < -0.4 is 0 Å². The van der Waals surface area contributed by atoms with Gasteiger partial charge in [0.2, 0.25) is 0 Å². The van der Waals surface area contributed by atoms with E-state index >= 15 is 0 Å². The molecule has 0 aliphatic rings. The van der Waals surface area contributed by atoms with Crippen LogP contribution in [0.15, 0.2) is 29.2 Å². The highest BCUT2D eigenvalue weighted by atomic mass is 32.2. The van der Waals surface area contributed by atoms with Crippen LogP contribution >= 0.6 is 0 Å². The second-order valence-corrected chi connectivity index (χ2v) is 5.99. The largest absolute Gasteiger partial charge is 0.481 e. The number of rotatable bonds is 7. The van der Waals surface area contributed by atoms with E-state index in [4.69, 9.17) is 10.2 Å². The first-order valence-corrected chi connectivity index (χ1v) is 7.20. The van der Waals surface area contributed by atoms with Crippen LogP contribution in [0, 0.1) is 0 Å². The highest BCUT2D eigenvalue weighted by Gasteiger charge is 2.14. The van der Waals surface area contributed by atoms with Gasteiger partial charge >= 0.3 is 5.97 Å². The molecular weight excluding hydrogens is 272 g/mol. The molecule has 7 heteroatoms. The van der Waals surface area contributed by atoms with Crippen LogP contribution in [0.2, 0.25) is 0 Å². The number of hydrogen-bond acceptors (Lipinski definition) is 5. The minimum Gasteiger partial charge on any atom is -0.481 e. The first-order chi connectivity index (χ1) is 8.86. The van der Waals surface area contributed by atoms with Gasteiger partial charge in [0.1, 0.15) is 0 Å². The molecule has 0 aliphatic carbocycles. The van der Waals surface area contributed by atoms with Gasteiger partial charge in [0.25, 0.3) is 0 Å². The van der Waals surface area contributed by atoms with Gasteiger partial charge in [0.15, 0.2) is 15.6 Å². The molecule has 19 heavy (non-hydrogen) atoms. The number of carbonyl (C=O) groups excluding carboxylic acids is 1. The Morgan fingerprint density at radius 2 is 1.63 bits per heavy atom. The maximum absolute atomic E-state index is 11.6. The molecule has 0 aromatic heterocycles. The molecule has 1 aromatic carbocycles. The number of carboxylic acid groups (broad SMARTS) is 1. The van der Waals surface area contributed by atoms with E-state index in [1.165, 1.54) is 24.3 Å². The third-order valence-corrected chi connectivity index (χ3v) is 4.17. The number of aliphatic carboxylic acids is 1. The number of hydrogen-bond donors (Lipinski definition) is 2. The van der Waals surface area contributed by atoms with Gasteiger partial charge in [-0.2, -0.15) is 0 Å². The summed E-state index contributed by atoms with van der Waals surface area (Å²) in [6, 6.07) is 5.24. The van der Waals surface area contributed by atoms with Crippen molar-refractivity contribution in [1.82, 2.24) is 0 Å². The van der Waals surface area contributed by atoms with Crippen molar-refractivity contribution in [3.8, 4) is 0 Å². The zero-order valence-electron chi connectivity index (χ0n) is 10.1. The van der Waals surface area contributed by atoms with Gasteiger partial charge in [-0.3, -0.25) is 9.59 Å². The van der Waals surface area contributed by atoms with Crippen molar-refractivity contribution in [1.29, 1.82) is 0 Å². The maximum atomic E-state index is 11.6. The third-order valence-electron chi connectivity index (χ3n) is 2.46. The van der Waals surface area contributed by atoms with Crippen LogP contribution in [0.1, 0.15) is 23.2 Å². The molecule has 6 nitrogen and oxygen atoms in total. The molecule has 0 radical (unpaired) electrons. The molecule has 0 saturated heterocycles. The molecule has 0 saturated carbocycles. The summed E-state index contributed by atoms with van der Waals surface area (Å²) in [6.07, 6.45) is -0.387. The molecule has 1 aromatic rings. The van der Waals surface area contributed by atoms with Crippen LogP contribution in [-0.4, -0.2) is 42.7 Å². The molecule has 0 heterocycles. The van der Waals surface area contributed by atoms with Gasteiger partial charge in [-0.05, 0) is 12.1 Å². The Bertz CT molecular complexity index is 558. The zero-order valence-corrected chi connectivity index (χ0v) is 10.9. The second kappa shape index (κ2) is 6.44. The maximum Gasteiger partial charge on any atom is 0.303 e. The van der Waals surface area contributed by atoms with Crippen LogP contribution in [0.3, 0.4) is 0 Å². The zero-order chi connectivity index (χ0) is 14.5. The number of carboxylic acids is 1. The molecule has 1 rings (SSSR count). The smallest absolute Gasteiger partial charge is 0.303 e. The van der Waals surface area contributed by atoms with Crippen molar-refractivity contribution in [2.24, 2.45) is 0 Å². The SMILES string of the molecule is O=C(O)CCC(=O)c1ccc(S(=O)(=O)CCO)cc1. The number of aliphatic hydroxyl groups is 1. The lowest BCUT2D eigenvalue weighted by molar-refractivity contribution is -0.136. The summed E-state index contributed by atoms with van der Waals surface area (Å²) in [6.45, 7) is -0.471. The van der Waals surface area contributed by atoms with Crippen molar-refractivity contribution in [2.75, 3.05) is 12.4 Å². The molecule has 2 N–H and O–H groups in total. The number of ketones is 1. The van der Waals surface area contributed by atoms with E-state index in [9.17, 15) is 18.0 Å². The molecule has 0 bridgehead atoms. The van der Waals surface area contributed by atoms with E-state index in [2.05, 4.69) is 0 Å². The number of benzene rings is 1. The molecular formula is C12H14O6S. The van der Waals surface area contributed by atoms with Crippen molar-refractivity contribution < 1.29 is 28.2 Å². The number of sulfone groups is 1. The summed E-state index contributed by atoms with van der Waals surface area (Å²) in [7, 11) is -3.53. The third kappa shape index (κ3) is 4.46. The molecule has 0 spiro atoms. The van der Waals surface area contributed by atoms with Crippen molar-refractivity contribution in [3.05, 3.63) is 29.8 Å². The van der Waals surface area contributed by atoms with E-state index in [1.54, 1.807) is 0 Å². The highest BCUT2D eigenvalue weighted by molar-refractivity contribution is 7.91. The summed E-state index contributed by atoms with van der Waals surface area (Å²) < 4.78 is 23.2. The van der Waals surface area contributed by atoms with Gasteiger partial charge < -0.3 is 10.2 Å². The van der Waals surface area contributed by atoms with E-state index in [0.717, 1.165) is 0 Å². The average Bonchev–Trinajstić information content (AvgIpc) is 2.36. The number of aliphatic hydroxyl groups excluding tert-OH is 1. The summed E-state index contributed by atoms with van der Waals surface area (Å²) in [5.74, 6) is -1.79. The van der Waals surface area contributed by atoms with E-state index in [1.807, 2.05) is 0 Å². The Kier molecular flexibility index (Phi) is 5.20. The fourth-order valence-corrected chi connectivity index (χ4v) is 2.48. The lowest BCUT2D eigenvalue weighted by Crippen LogP contribution is -2.10. The Labute approximate surface area is 110 Å². The second-order valence-electron chi connectivity index (χ2n) is 3.88. The molecule has 0 atom stereocenters. The lowest BCUT2D eigenvalue weighted by atomic mass is 10.1. The van der Waals surface area contributed by atoms with Gasteiger partial charge in [-0.25, -0.2) is 8.42 Å². The Hall–Kier alpha value is -1.73. The average molecular weight is 286 g/mol. The molecule has 0 fully saturated rings. The minimum absolute atomic E-state index is 0.0244. The van der Waals surface area contributed by atoms with Gasteiger partial charge in [-0.15, -0.1) is 0 Å². The van der Waals surface area contributed by atoms with Crippen molar-refractivity contribution in [3.63, 3.8) is 0 Å². The van der Waals surface area contributed by atoms with E-state index in [0.29, 0.717) is 0 Å². The summed E-state index contributed by atoms with van der Waals surface area (Å²) in [5, 5.41) is 17.1. The van der Waals surface area contributed by atoms with Crippen LogP contribution in [0.4, 0.5) is 0 Å². The van der Waals surface area contributed by atoms with Gasteiger partial charge in [0, 0.05) is 12.0 Å². The minimum atomic E-state index is -3.53. The summed E-state index contributed by atoms with van der Waals surface area (Å²) in [4.78, 5) is 21.9. The fraction of sp³-hybridized carbons (Fsp3) is 0.333. The van der Waals surface area contributed by atoms with Crippen LogP contribution in [0.5, 0.6) is 0 Å². The Balaban J connectivity index is 2.82. The monoisotopic (exact) mass is 286 g/mol. The van der Waals surface area contributed by atoms with Gasteiger partial charge in [0.05, 0.1) is 23.7 Å². The lowest BCUT2D eigenvalue weighted by Gasteiger charge is -2.04. The fourth-order valence-electron chi connectivity index (χ4n) is 1.45. The van der Waals surface area contributed by atoms with Crippen molar-refractivity contribution in [2.45, 2.75) is 17.7 Å². The quantitative estimate of drug-likeness (QED) is 0.706. The number of carbonyl (C=O) groups is 2. The number of Topliss-reactive ketones (excluding diaryl/α,β-unsaturated/α-hetero) is 1. The normalized spacial score (nSPS) is 11.2. The predicted octanol–water partition coefficient (Wildman–Crippen LogP) is 0.500. The summed E-state index contributed by atoms with van der Waals surface area (Å²) in [5.41, 5.74) is 0.268. The molecule has 0 amide bonds. The van der Waals surface area contributed by atoms with E-state index < -0.39 is 22.4 Å². The predicted molar refractivity (Wildman–Crippen MR) is 66.8 cm³/mol.